The van der Waals surface area contributed by atoms with E-state index in [0.29, 0.717) is 12.2 Å². The highest BCUT2D eigenvalue weighted by Crippen LogP contribution is 2.16. The van der Waals surface area contributed by atoms with E-state index in [1.54, 1.807) is 12.1 Å². The van der Waals surface area contributed by atoms with E-state index in [1.165, 1.54) is 0 Å². The van der Waals surface area contributed by atoms with Crippen molar-refractivity contribution >= 4 is 0 Å². The van der Waals surface area contributed by atoms with Crippen LogP contribution >= 0.6 is 0 Å². The third-order valence-electron chi connectivity index (χ3n) is 3.58. The maximum Gasteiger partial charge on any atom is 0.119 e. The fourth-order valence-corrected chi connectivity index (χ4v) is 1.50. The van der Waals surface area contributed by atoms with Gasteiger partial charge in [-0.2, -0.15) is 5.26 Å². The predicted molar refractivity (Wildman–Crippen MR) is 73.7 cm³/mol. The Balaban J connectivity index is 2.40. The molecule has 0 aliphatic carbocycles. The summed E-state index contributed by atoms with van der Waals surface area (Å²) in [6.07, 6.45) is 1.11. The van der Waals surface area contributed by atoms with Crippen molar-refractivity contribution in [3.05, 3.63) is 29.8 Å². The zero-order chi connectivity index (χ0) is 13.6. The quantitative estimate of drug-likeness (QED) is 0.774. The van der Waals surface area contributed by atoms with Crippen molar-refractivity contribution in [1.29, 1.82) is 5.26 Å². The van der Waals surface area contributed by atoms with Crippen molar-refractivity contribution in [3.63, 3.8) is 0 Å². The second-order valence-corrected chi connectivity index (χ2v) is 5.07. The topological polar surface area (TPSA) is 36.3 Å². The second-order valence-electron chi connectivity index (χ2n) is 5.07. The van der Waals surface area contributed by atoms with E-state index in [4.69, 9.17) is 10.00 Å². The molecule has 1 aromatic rings. The van der Waals surface area contributed by atoms with Crippen LogP contribution in [0, 0.1) is 11.3 Å². The van der Waals surface area contributed by atoms with Crippen molar-refractivity contribution in [2.24, 2.45) is 0 Å². The van der Waals surface area contributed by atoms with Crippen LogP contribution in [0.5, 0.6) is 5.75 Å². The summed E-state index contributed by atoms with van der Waals surface area (Å²) in [5.41, 5.74) is 0.861. The Morgan fingerprint density at radius 3 is 2.39 bits per heavy atom. The SMILES string of the molecule is CCC(C)(C)N(C)CCOc1ccc(C#N)cc1. The van der Waals surface area contributed by atoms with Crippen LogP contribution in [0.2, 0.25) is 0 Å². The van der Waals surface area contributed by atoms with Gasteiger partial charge in [0, 0.05) is 12.1 Å². The van der Waals surface area contributed by atoms with Gasteiger partial charge in [-0.25, -0.2) is 0 Å². The maximum atomic E-state index is 8.70. The number of likely N-dealkylation sites (N-methyl/N-ethyl adjacent to an activating group) is 1. The number of ether oxygens (including phenoxy) is 1. The van der Waals surface area contributed by atoms with E-state index in [0.717, 1.165) is 18.7 Å². The Morgan fingerprint density at radius 1 is 1.28 bits per heavy atom. The molecule has 0 N–H and O–H groups in total. The summed E-state index contributed by atoms with van der Waals surface area (Å²) in [5, 5.41) is 8.70. The first-order valence-electron chi connectivity index (χ1n) is 6.34. The van der Waals surface area contributed by atoms with Gasteiger partial charge in [0.15, 0.2) is 0 Å². The molecule has 0 radical (unpaired) electrons. The molecule has 0 aliphatic heterocycles. The maximum absolute atomic E-state index is 8.70. The Kier molecular flexibility index (Phi) is 5.18. The van der Waals surface area contributed by atoms with E-state index < -0.39 is 0 Å². The van der Waals surface area contributed by atoms with Gasteiger partial charge >= 0.3 is 0 Å². The minimum atomic E-state index is 0.202. The smallest absolute Gasteiger partial charge is 0.119 e. The van der Waals surface area contributed by atoms with Crippen molar-refractivity contribution < 1.29 is 4.74 Å². The Hall–Kier alpha value is -1.53. The third-order valence-corrected chi connectivity index (χ3v) is 3.58. The zero-order valence-electron chi connectivity index (χ0n) is 11.7. The first-order chi connectivity index (χ1) is 8.49. The standard InChI is InChI=1S/C15H22N2O/c1-5-15(2,3)17(4)10-11-18-14-8-6-13(12-16)7-9-14/h6-9H,5,10-11H2,1-4H3. The molecule has 0 spiro atoms. The molecule has 0 amide bonds. The van der Waals surface area contributed by atoms with Gasteiger partial charge in [-0.05, 0) is 51.6 Å². The van der Waals surface area contributed by atoms with E-state index in [1.807, 2.05) is 12.1 Å². The van der Waals surface area contributed by atoms with Gasteiger partial charge < -0.3 is 4.74 Å². The van der Waals surface area contributed by atoms with Gasteiger partial charge in [-0.1, -0.05) is 6.92 Å². The van der Waals surface area contributed by atoms with Gasteiger partial charge in [0.25, 0.3) is 0 Å². The van der Waals surface area contributed by atoms with Crippen molar-refractivity contribution in [2.75, 3.05) is 20.2 Å². The zero-order valence-corrected chi connectivity index (χ0v) is 11.7. The highest BCUT2D eigenvalue weighted by molar-refractivity contribution is 5.34. The van der Waals surface area contributed by atoms with E-state index in [9.17, 15) is 0 Å². The van der Waals surface area contributed by atoms with Gasteiger partial charge in [-0.3, -0.25) is 4.90 Å². The number of hydrogen-bond donors (Lipinski definition) is 0. The first-order valence-corrected chi connectivity index (χ1v) is 6.34. The Morgan fingerprint density at radius 2 is 1.89 bits per heavy atom. The summed E-state index contributed by atoms with van der Waals surface area (Å²) in [6, 6.07) is 9.31. The second kappa shape index (κ2) is 6.42. The molecule has 0 bridgehead atoms. The molecule has 0 fully saturated rings. The average Bonchev–Trinajstić information content (AvgIpc) is 2.39. The van der Waals surface area contributed by atoms with Gasteiger partial charge in [0.05, 0.1) is 11.6 Å². The fraction of sp³-hybridized carbons (Fsp3) is 0.533. The lowest BCUT2D eigenvalue weighted by atomic mass is 10.0. The van der Waals surface area contributed by atoms with E-state index in [2.05, 4.69) is 38.8 Å². The van der Waals surface area contributed by atoms with Crippen LogP contribution in [-0.4, -0.2) is 30.6 Å². The lowest BCUT2D eigenvalue weighted by molar-refractivity contribution is 0.125. The van der Waals surface area contributed by atoms with Crippen LogP contribution in [0.15, 0.2) is 24.3 Å². The van der Waals surface area contributed by atoms with Crippen LogP contribution in [0.4, 0.5) is 0 Å². The molecule has 1 rings (SSSR count). The molecule has 0 unspecified atom stereocenters. The van der Waals surface area contributed by atoms with Gasteiger partial charge in [-0.15, -0.1) is 0 Å². The Bertz CT molecular complexity index is 403. The lowest BCUT2D eigenvalue weighted by Crippen LogP contribution is -2.42. The molecule has 98 valence electrons. The Labute approximate surface area is 110 Å². The van der Waals surface area contributed by atoms with Crippen LogP contribution in [0.1, 0.15) is 32.8 Å². The summed E-state index contributed by atoms with van der Waals surface area (Å²) in [7, 11) is 2.12. The lowest BCUT2D eigenvalue weighted by Gasteiger charge is -2.34. The summed E-state index contributed by atoms with van der Waals surface area (Å²) in [6.45, 7) is 8.20. The molecule has 0 aromatic heterocycles. The molecule has 0 heterocycles. The summed E-state index contributed by atoms with van der Waals surface area (Å²) < 4.78 is 5.66. The molecule has 1 aromatic carbocycles. The third kappa shape index (κ3) is 4.05. The molecule has 0 aliphatic rings. The number of nitriles is 1. The molecule has 0 atom stereocenters. The molecule has 18 heavy (non-hydrogen) atoms. The van der Waals surface area contributed by atoms with Crippen LogP contribution in [-0.2, 0) is 0 Å². The molecule has 0 saturated heterocycles. The highest BCUT2D eigenvalue weighted by atomic mass is 16.5. The largest absolute Gasteiger partial charge is 0.492 e. The molecule has 0 saturated carbocycles. The highest BCUT2D eigenvalue weighted by Gasteiger charge is 2.20. The first kappa shape index (κ1) is 14.5. The number of benzene rings is 1. The summed E-state index contributed by atoms with van der Waals surface area (Å²) in [5.74, 6) is 0.816. The molecule has 3 nitrogen and oxygen atoms in total. The fourth-order valence-electron chi connectivity index (χ4n) is 1.50. The predicted octanol–water partition coefficient (Wildman–Crippen LogP) is 3.06. The molecule has 3 heteroatoms. The van der Waals surface area contributed by atoms with E-state index in [-0.39, 0.29) is 5.54 Å². The number of hydrogen-bond acceptors (Lipinski definition) is 3. The van der Waals surface area contributed by atoms with Crippen molar-refractivity contribution in [2.45, 2.75) is 32.7 Å². The summed E-state index contributed by atoms with van der Waals surface area (Å²) >= 11 is 0. The molecular weight excluding hydrogens is 224 g/mol. The minimum Gasteiger partial charge on any atom is -0.492 e. The number of rotatable bonds is 6. The van der Waals surface area contributed by atoms with Gasteiger partial charge in [0.1, 0.15) is 12.4 Å². The average molecular weight is 246 g/mol. The van der Waals surface area contributed by atoms with E-state index >= 15 is 0 Å². The van der Waals surface area contributed by atoms with Crippen LogP contribution < -0.4 is 4.74 Å². The van der Waals surface area contributed by atoms with Crippen LogP contribution in [0.25, 0.3) is 0 Å². The molecular formula is C15H22N2O. The van der Waals surface area contributed by atoms with Crippen molar-refractivity contribution in [3.8, 4) is 11.8 Å². The number of nitrogens with zero attached hydrogens (tertiary/aromatic N) is 2. The van der Waals surface area contributed by atoms with Crippen molar-refractivity contribution in [1.82, 2.24) is 4.90 Å². The van der Waals surface area contributed by atoms with Gasteiger partial charge in [0.2, 0.25) is 0 Å². The monoisotopic (exact) mass is 246 g/mol. The minimum absolute atomic E-state index is 0.202. The normalized spacial score (nSPS) is 11.3. The summed E-state index contributed by atoms with van der Waals surface area (Å²) in [4.78, 5) is 2.30. The van der Waals surface area contributed by atoms with Crippen LogP contribution in [0.3, 0.4) is 0 Å².